The lowest BCUT2D eigenvalue weighted by Crippen LogP contribution is -2.50. The molecule has 0 aromatic rings. The molecule has 0 aromatic heterocycles. The molecule has 8 atom stereocenters. The van der Waals surface area contributed by atoms with E-state index >= 15 is 0 Å². The summed E-state index contributed by atoms with van der Waals surface area (Å²) in [5, 5.41) is 43.7. The van der Waals surface area contributed by atoms with E-state index in [2.05, 4.69) is 53.5 Å². The minimum Gasteiger partial charge on any atom is -0.481 e. The van der Waals surface area contributed by atoms with Gasteiger partial charge in [0, 0.05) is 89.5 Å². The summed E-state index contributed by atoms with van der Waals surface area (Å²) in [6.45, 7) is 0.949. The molecule has 0 rings (SSSR count). The van der Waals surface area contributed by atoms with Crippen LogP contribution in [0.5, 0.6) is 0 Å². The summed E-state index contributed by atoms with van der Waals surface area (Å²) in [7, 11) is 1.41. The SMILES string of the molecule is CCCCCCCCCCCCCCCC(=O)N[C@@H](CCCN=C(N)N)C(=O)C[C@@H](CO)C(=O)N[C@@H](CO)C(=O)C[C@@H](CCCN=C(N)N)C(=O)N[C@@H](CCC(=O)O)C(=O)C[C@@H](CCCCN)C(=O)N[C@@H](CCCN=C(N)N)C(=O)C[C@@H](CCCN=C(N)N)C(=O)NC. The quantitative estimate of drug-likeness (QED) is 0.0210. The molecule has 5 amide bonds. The number of carboxylic acid groups (broad SMARTS) is 1. The fourth-order valence-electron chi connectivity index (χ4n) is 10.5. The first-order chi connectivity index (χ1) is 44.3. The number of rotatable bonds is 59. The van der Waals surface area contributed by atoms with Crippen LogP contribution in [0.4, 0.5) is 0 Å². The average molecular weight is 1320 g/mol. The van der Waals surface area contributed by atoms with Crippen molar-refractivity contribution in [3.8, 4) is 0 Å². The number of nitrogens with one attached hydrogen (secondary N) is 5. The highest BCUT2D eigenvalue weighted by Crippen LogP contribution is 2.22. The molecular weight excluding hydrogens is 1200 g/mol. The van der Waals surface area contributed by atoms with Gasteiger partial charge in [-0.3, -0.25) is 67.9 Å². The second-order valence-corrected chi connectivity index (χ2v) is 23.8. The van der Waals surface area contributed by atoms with Gasteiger partial charge in [0.15, 0.2) is 47.0 Å². The van der Waals surface area contributed by atoms with E-state index in [1.807, 2.05) is 0 Å². The van der Waals surface area contributed by atoms with Gasteiger partial charge in [0.25, 0.3) is 0 Å². The number of unbranched alkanes of at least 4 members (excludes halogenated alkanes) is 13. The van der Waals surface area contributed by atoms with Gasteiger partial charge >= 0.3 is 5.97 Å². The molecule has 0 heterocycles. The summed E-state index contributed by atoms with van der Waals surface area (Å²) in [6.07, 6.45) is 13.5. The van der Waals surface area contributed by atoms with Gasteiger partial charge < -0.3 is 93.5 Å². The van der Waals surface area contributed by atoms with Crippen LogP contribution in [-0.4, -0.2) is 175 Å². The van der Waals surface area contributed by atoms with Crippen molar-refractivity contribution in [3.05, 3.63) is 0 Å². The lowest BCUT2D eigenvalue weighted by atomic mass is 9.88. The molecule has 532 valence electrons. The van der Waals surface area contributed by atoms with E-state index in [0.29, 0.717) is 25.7 Å². The van der Waals surface area contributed by atoms with E-state index in [-0.39, 0.29) is 127 Å². The molecule has 0 aliphatic heterocycles. The van der Waals surface area contributed by atoms with Gasteiger partial charge in [0.1, 0.15) is 6.04 Å². The monoisotopic (exact) mass is 1320 g/mol. The number of aliphatic imine (C=N–C) groups is 4. The summed E-state index contributed by atoms with van der Waals surface area (Å²) < 4.78 is 0. The molecule has 0 aromatic carbocycles. The molecule has 0 bridgehead atoms. The fraction of sp³-hybridized carbons (Fsp3) is 0.774. The first-order valence-electron chi connectivity index (χ1n) is 33.2. The Morgan fingerprint density at radius 2 is 0.699 bits per heavy atom. The number of aliphatic carboxylic acids is 1. The van der Waals surface area contributed by atoms with Crippen molar-refractivity contribution in [1.82, 2.24) is 26.6 Å². The third kappa shape index (κ3) is 43.1. The number of Topliss-reactive ketones (excluding diaryl/α,β-unsaturated/α-hetero) is 4. The molecule has 0 radical (unpaired) electrons. The van der Waals surface area contributed by atoms with E-state index in [0.717, 1.165) is 25.7 Å². The Bertz CT molecular complexity index is 2360. The van der Waals surface area contributed by atoms with Crippen LogP contribution < -0.4 is 78.2 Å². The van der Waals surface area contributed by atoms with Gasteiger partial charge in [0.2, 0.25) is 29.5 Å². The zero-order chi connectivity index (χ0) is 69.9. The van der Waals surface area contributed by atoms with Crippen LogP contribution in [0.15, 0.2) is 20.0 Å². The number of carbonyl (C=O) groups excluding carboxylic acids is 9. The molecule has 0 aliphatic carbocycles. The summed E-state index contributed by atoms with van der Waals surface area (Å²) in [6, 6.07) is -5.51. The van der Waals surface area contributed by atoms with Crippen LogP contribution in [0.3, 0.4) is 0 Å². The molecule has 0 unspecified atom stereocenters. The predicted octanol–water partition coefficient (Wildman–Crippen LogP) is -0.353. The molecule has 0 fully saturated rings. The van der Waals surface area contributed by atoms with Crippen LogP contribution in [0.25, 0.3) is 0 Å². The number of aliphatic hydroxyl groups is 2. The standard InChI is InChI=1S/C62H116N18O13/c1-3-4-5-6-7-8-9-10-11-12-13-14-15-27-53(87)77-45(25-20-33-75-61(68)69)51(85)38-44(39-81)58(93)80-48(40-82)52(86)37-43(24-19-32-74-60(66)67)57(92)79-47(28-29-54(88)89)50(84)36-42(22-16-17-30-63)56(91)78-46(26-21-34-76-62(70)71)49(83)35-41(55(90)72-2)23-18-31-73-59(64)65/h41-48,81-82H,3-40,63H2,1-2H3,(H,72,90)(H,77,87)(H,78,91)(H,79,92)(H,80,93)(H,88,89)(H4,64,65,73)(H4,66,67,74)(H4,68,69,75)(H4,70,71,76)/t41-,42-,43-,44+,45+,46+,47+,48+/m1/s1. The number of amides is 5. The Kier molecular flexibility index (Phi) is 48.6. The van der Waals surface area contributed by atoms with Crippen molar-refractivity contribution < 1.29 is 63.3 Å². The summed E-state index contributed by atoms with van der Waals surface area (Å²) in [5.41, 5.74) is 49.7. The summed E-state index contributed by atoms with van der Waals surface area (Å²) in [4.78, 5) is 153. The molecule has 0 saturated carbocycles. The van der Waals surface area contributed by atoms with Crippen LogP contribution in [0, 0.1) is 23.7 Å². The normalized spacial score (nSPS) is 13.6. The second kappa shape index (κ2) is 52.9. The summed E-state index contributed by atoms with van der Waals surface area (Å²) in [5.74, 6) is -13.1. The van der Waals surface area contributed by atoms with Crippen LogP contribution in [-0.2, 0) is 47.9 Å². The third-order valence-electron chi connectivity index (χ3n) is 15.8. The van der Waals surface area contributed by atoms with Crippen molar-refractivity contribution in [2.75, 3.05) is 53.0 Å². The number of carboxylic acids is 1. The number of nitrogens with two attached hydrogens (primary N) is 9. The van der Waals surface area contributed by atoms with Gasteiger partial charge in [-0.05, 0) is 83.6 Å². The van der Waals surface area contributed by atoms with Crippen molar-refractivity contribution in [2.45, 2.75) is 230 Å². The van der Waals surface area contributed by atoms with E-state index in [4.69, 9.17) is 51.6 Å². The second-order valence-electron chi connectivity index (χ2n) is 23.8. The number of nitrogens with zero attached hydrogens (tertiary/aromatic N) is 4. The predicted molar refractivity (Wildman–Crippen MR) is 358 cm³/mol. The van der Waals surface area contributed by atoms with E-state index < -0.39 is 146 Å². The number of hydrogen-bond donors (Lipinski definition) is 17. The third-order valence-corrected chi connectivity index (χ3v) is 15.8. The Morgan fingerprint density at radius 3 is 1.08 bits per heavy atom. The van der Waals surface area contributed by atoms with Gasteiger partial charge in [-0.15, -0.1) is 0 Å². The molecule has 0 spiro atoms. The van der Waals surface area contributed by atoms with E-state index in [9.17, 15) is 63.3 Å². The molecule has 0 saturated heterocycles. The van der Waals surface area contributed by atoms with E-state index in [1.54, 1.807) is 0 Å². The van der Waals surface area contributed by atoms with Crippen LogP contribution >= 0.6 is 0 Å². The number of ketones is 4. The average Bonchev–Trinajstić information content (AvgIpc) is 1.34. The molecule has 0 aliphatic rings. The molecule has 31 heteroatoms. The van der Waals surface area contributed by atoms with Crippen molar-refractivity contribution in [2.24, 2.45) is 95.2 Å². The Balaban J connectivity index is 6.61. The lowest BCUT2D eigenvalue weighted by molar-refractivity contribution is -0.139. The highest BCUT2D eigenvalue weighted by atomic mass is 16.4. The minimum absolute atomic E-state index is 0.0208. The van der Waals surface area contributed by atoms with Crippen LogP contribution in [0.2, 0.25) is 0 Å². The zero-order valence-electron chi connectivity index (χ0n) is 55.4. The highest BCUT2D eigenvalue weighted by Gasteiger charge is 2.35. The van der Waals surface area contributed by atoms with Gasteiger partial charge in [-0.2, -0.15) is 0 Å². The topological polar surface area (TPSA) is 575 Å². The first-order valence-corrected chi connectivity index (χ1v) is 33.2. The molecule has 26 N–H and O–H groups in total. The maximum absolute atomic E-state index is 14.4. The minimum atomic E-state index is -1.69. The first kappa shape index (κ1) is 85.5. The van der Waals surface area contributed by atoms with Crippen molar-refractivity contribution in [1.29, 1.82) is 0 Å². The molecule has 31 nitrogen and oxygen atoms in total. The van der Waals surface area contributed by atoms with Gasteiger partial charge in [-0.25, -0.2) is 0 Å². The number of hydrogen-bond acceptors (Lipinski definition) is 17. The maximum Gasteiger partial charge on any atom is 0.303 e. The van der Waals surface area contributed by atoms with Crippen LogP contribution in [0.1, 0.15) is 206 Å². The van der Waals surface area contributed by atoms with Crippen molar-refractivity contribution in [3.63, 3.8) is 0 Å². The number of guanidine groups is 4. The van der Waals surface area contributed by atoms with E-state index in [1.165, 1.54) is 58.4 Å². The van der Waals surface area contributed by atoms with Gasteiger partial charge in [0.05, 0.1) is 37.3 Å². The smallest absolute Gasteiger partial charge is 0.303 e. The largest absolute Gasteiger partial charge is 0.481 e. The highest BCUT2D eigenvalue weighted by molar-refractivity contribution is 5.98. The van der Waals surface area contributed by atoms with Crippen molar-refractivity contribution >= 4 is 82.5 Å². The number of carbonyl (C=O) groups is 10. The maximum atomic E-state index is 14.4. The zero-order valence-corrected chi connectivity index (χ0v) is 55.4. The lowest BCUT2D eigenvalue weighted by Gasteiger charge is -2.26. The fourth-order valence-corrected chi connectivity index (χ4v) is 10.5. The Hall–Kier alpha value is -7.54. The Morgan fingerprint density at radius 1 is 0.366 bits per heavy atom. The molecule has 93 heavy (non-hydrogen) atoms. The summed E-state index contributed by atoms with van der Waals surface area (Å²) >= 11 is 0. The number of aliphatic hydroxyl groups excluding tert-OH is 2. The molecular formula is C62H116N18O13. The Labute approximate surface area is 548 Å². The van der Waals surface area contributed by atoms with Gasteiger partial charge in [-0.1, -0.05) is 90.4 Å².